The molecule has 0 aliphatic carbocycles. The minimum Gasteiger partial charge on any atom is -0.508 e. The number of phenolic OH excluding ortho intramolecular Hbond substituents is 1. The van der Waals surface area contributed by atoms with E-state index in [-0.39, 0.29) is 0 Å². The van der Waals surface area contributed by atoms with Crippen molar-refractivity contribution in [1.82, 2.24) is 5.32 Å². The summed E-state index contributed by atoms with van der Waals surface area (Å²) in [6.45, 7) is 10.2. The highest BCUT2D eigenvalue weighted by Crippen LogP contribution is 2.12. The van der Waals surface area contributed by atoms with E-state index >= 15 is 0 Å². The van der Waals surface area contributed by atoms with E-state index in [4.69, 9.17) is 4.74 Å². The Morgan fingerprint density at radius 1 is 1.16 bits per heavy atom. The summed E-state index contributed by atoms with van der Waals surface area (Å²) in [6, 6.07) is 8.19. The topological polar surface area (TPSA) is 41.5 Å². The second-order valence-electron chi connectivity index (χ2n) is 5.45. The summed E-state index contributed by atoms with van der Waals surface area (Å²) in [5.74, 6) is 0.870. The van der Waals surface area contributed by atoms with Gasteiger partial charge in [0.25, 0.3) is 0 Å². The van der Waals surface area contributed by atoms with Crippen LogP contribution in [-0.2, 0) is 11.2 Å². The zero-order chi connectivity index (χ0) is 14.3. The van der Waals surface area contributed by atoms with Crippen molar-refractivity contribution in [2.45, 2.75) is 46.2 Å². The van der Waals surface area contributed by atoms with Gasteiger partial charge in [0.05, 0.1) is 6.61 Å². The maximum atomic E-state index is 9.27. The predicted molar refractivity (Wildman–Crippen MR) is 79.5 cm³/mol. The monoisotopic (exact) mass is 265 g/mol. The van der Waals surface area contributed by atoms with Crippen molar-refractivity contribution in [1.29, 1.82) is 0 Å². The van der Waals surface area contributed by atoms with Crippen LogP contribution in [0.15, 0.2) is 24.3 Å². The normalized spacial score (nSPS) is 14.6. The maximum absolute atomic E-state index is 9.27. The molecular formula is C16H27NO2. The molecule has 0 spiro atoms. The van der Waals surface area contributed by atoms with Gasteiger partial charge in [-0.2, -0.15) is 0 Å². The number of hydrogen-bond donors (Lipinski definition) is 2. The molecule has 0 bridgehead atoms. The number of hydrogen-bond acceptors (Lipinski definition) is 3. The molecule has 0 aliphatic heterocycles. The highest BCUT2D eigenvalue weighted by atomic mass is 16.5. The number of phenols is 1. The molecule has 1 aromatic rings. The van der Waals surface area contributed by atoms with E-state index in [1.165, 1.54) is 5.56 Å². The van der Waals surface area contributed by atoms with Crippen LogP contribution in [0.5, 0.6) is 5.75 Å². The van der Waals surface area contributed by atoms with E-state index < -0.39 is 0 Å². The van der Waals surface area contributed by atoms with E-state index in [2.05, 4.69) is 26.1 Å². The van der Waals surface area contributed by atoms with Gasteiger partial charge in [0, 0.05) is 18.7 Å². The molecule has 2 atom stereocenters. The number of nitrogens with one attached hydrogen (secondary N) is 1. The van der Waals surface area contributed by atoms with Gasteiger partial charge >= 0.3 is 0 Å². The molecule has 19 heavy (non-hydrogen) atoms. The average molecular weight is 265 g/mol. The lowest BCUT2D eigenvalue weighted by molar-refractivity contribution is 0.104. The fourth-order valence-corrected chi connectivity index (χ4v) is 2.09. The third-order valence-electron chi connectivity index (χ3n) is 3.28. The average Bonchev–Trinajstić information content (AvgIpc) is 2.37. The van der Waals surface area contributed by atoms with E-state index in [1.54, 1.807) is 12.1 Å². The summed E-state index contributed by atoms with van der Waals surface area (Å²) in [7, 11) is 0. The second-order valence-corrected chi connectivity index (χ2v) is 5.45. The Kier molecular flexibility index (Phi) is 6.89. The van der Waals surface area contributed by atoms with Gasteiger partial charge in [0.15, 0.2) is 0 Å². The zero-order valence-corrected chi connectivity index (χ0v) is 12.5. The molecule has 3 heteroatoms. The van der Waals surface area contributed by atoms with E-state index in [0.29, 0.717) is 23.8 Å². The molecule has 0 radical (unpaired) electrons. The Morgan fingerprint density at radius 3 is 2.32 bits per heavy atom. The van der Waals surface area contributed by atoms with Gasteiger partial charge in [-0.25, -0.2) is 0 Å². The van der Waals surface area contributed by atoms with Crippen molar-refractivity contribution in [3.63, 3.8) is 0 Å². The minimum absolute atomic E-state index is 0.320. The summed E-state index contributed by atoms with van der Waals surface area (Å²) >= 11 is 0. The van der Waals surface area contributed by atoms with Gasteiger partial charge in [-0.1, -0.05) is 26.0 Å². The van der Waals surface area contributed by atoms with Crippen molar-refractivity contribution >= 4 is 0 Å². The molecule has 3 nitrogen and oxygen atoms in total. The third kappa shape index (κ3) is 6.08. The fourth-order valence-electron chi connectivity index (χ4n) is 2.09. The fraction of sp³-hybridized carbons (Fsp3) is 0.625. The Labute approximate surface area is 117 Å². The Balaban J connectivity index is 2.47. The standard InChI is InChI=1S/C16H27NO2/c1-5-19-11-16(12(2)3)17-13(4)10-14-6-8-15(18)9-7-14/h6-9,12-13,16-18H,5,10-11H2,1-4H3. The summed E-state index contributed by atoms with van der Waals surface area (Å²) in [5, 5.41) is 12.9. The van der Waals surface area contributed by atoms with Gasteiger partial charge in [-0.05, 0) is 43.9 Å². The van der Waals surface area contributed by atoms with E-state index in [1.807, 2.05) is 19.1 Å². The molecule has 2 N–H and O–H groups in total. The van der Waals surface area contributed by atoms with E-state index in [0.717, 1.165) is 19.6 Å². The van der Waals surface area contributed by atoms with Crippen molar-refractivity contribution in [2.75, 3.05) is 13.2 Å². The van der Waals surface area contributed by atoms with Crippen LogP contribution in [0.2, 0.25) is 0 Å². The van der Waals surface area contributed by atoms with Crippen LogP contribution in [-0.4, -0.2) is 30.4 Å². The first kappa shape index (κ1) is 16.0. The predicted octanol–water partition coefficient (Wildman–Crippen LogP) is 2.97. The number of benzene rings is 1. The molecule has 0 saturated heterocycles. The van der Waals surface area contributed by atoms with Crippen LogP contribution in [0.4, 0.5) is 0 Å². The first-order valence-corrected chi connectivity index (χ1v) is 7.14. The van der Waals surface area contributed by atoms with Crippen LogP contribution in [0.25, 0.3) is 0 Å². The van der Waals surface area contributed by atoms with Gasteiger partial charge < -0.3 is 15.2 Å². The van der Waals surface area contributed by atoms with Crippen LogP contribution >= 0.6 is 0 Å². The number of aromatic hydroxyl groups is 1. The lowest BCUT2D eigenvalue weighted by Crippen LogP contribution is -2.44. The van der Waals surface area contributed by atoms with Crippen molar-refractivity contribution in [3.05, 3.63) is 29.8 Å². The Bertz CT molecular complexity index is 348. The van der Waals surface area contributed by atoms with Gasteiger partial charge in [-0.3, -0.25) is 0 Å². The molecule has 0 aliphatic rings. The maximum Gasteiger partial charge on any atom is 0.115 e. The molecule has 2 unspecified atom stereocenters. The Morgan fingerprint density at radius 2 is 1.79 bits per heavy atom. The molecule has 1 aromatic carbocycles. The first-order valence-electron chi connectivity index (χ1n) is 7.14. The van der Waals surface area contributed by atoms with Crippen molar-refractivity contribution < 1.29 is 9.84 Å². The number of rotatable bonds is 8. The van der Waals surface area contributed by atoms with Gasteiger partial charge in [0.1, 0.15) is 5.75 Å². The van der Waals surface area contributed by atoms with Gasteiger partial charge in [-0.15, -0.1) is 0 Å². The summed E-state index contributed by atoms with van der Waals surface area (Å²) < 4.78 is 5.53. The minimum atomic E-state index is 0.320. The lowest BCUT2D eigenvalue weighted by atomic mass is 10.0. The molecule has 0 amide bonds. The second kappa shape index (κ2) is 8.18. The van der Waals surface area contributed by atoms with Crippen LogP contribution < -0.4 is 5.32 Å². The molecule has 108 valence electrons. The van der Waals surface area contributed by atoms with Crippen molar-refractivity contribution in [3.8, 4) is 5.75 Å². The SMILES string of the molecule is CCOCC(NC(C)Cc1ccc(O)cc1)C(C)C. The van der Waals surface area contributed by atoms with Gasteiger partial charge in [0.2, 0.25) is 0 Å². The lowest BCUT2D eigenvalue weighted by Gasteiger charge is -2.26. The Hall–Kier alpha value is -1.06. The largest absolute Gasteiger partial charge is 0.508 e. The zero-order valence-electron chi connectivity index (χ0n) is 12.5. The quantitative estimate of drug-likeness (QED) is 0.759. The van der Waals surface area contributed by atoms with E-state index in [9.17, 15) is 5.11 Å². The van der Waals surface area contributed by atoms with Crippen molar-refractivity contribution in [2.24, 2.45) is 5.92 Å². The summed E-state index contributed by atoms with van der Waals surface area (Å²) in [5.41, 5.74) is 1.23. The third-order valence-corrected chi connectivity index (χ3v) is 3.28. The molecule has 1 rings (SSSR count). The first-order chi connectivity index (χ1) is 9.02. The molecule has 0 aromatic heterocycles. The van der Waals surface area contributed by atoms with Crippen LogP contribution in [0, 0.1) is 5.92 Å². The summed E-state index contributed by atoms with van der Waals surface area (Å²) in [4.78, 5) is 0. The molecular weight excluding hydrogens is 238 g/mol. The summed E-state index contributed by atoms with van der Waals surface area (Å²) in [6.07, 6.45) is 0.954. The highest BCUT2D eigenvalue weighted by molar-refractivity contribution is 5.26. The molecule has 0 saturated carbocycles. The smallest absolute Gasteiger partial charge is 0.115 e. The molecule has 0 heterocycles. The highest BCUT2D eigenvalue weighted by Gasteiger charge is 2.16. The van der Waals surface area contributed by atoms with Crippen LogP contribution in [0.3, 0.4) is 0 Å². The number of ether oxygens (including phenoxy) is 1. The molecule has 0 fully saturated rings. The van der Waals surface area contributed by atoms with Crippen LogP contribution in [0.1, 0.15) is 33.3 Å².